The first-order valence-electron chi connectivity index (χ1n) is 9.08. The van der Waals surface area contributed by atoms with Crippen molar-refractivity contribution in [1.82, 2.24) is 15.1 Å². The van der Waals surface area contributed by atoms with Crippen LogP contribution in [0, 0.1) is 10.8 Å². The Morgan fingerprint density at radius 3 is 2.26 bits per heavy atom. The van der Waals surface area contributed by atoms with Crippen molar-refractivity contribution in [2.24, 2.45) is 10.8 Å². The maximum Gasteiger partial charge on any atom is 0.231 e. The number of ether oxygens (including phenoxy) is 1. The number of rotatable bonds is 5. The zero-order valence-corrected chi connectivity index (χ0v) is 15.5. The van der Waals surface area contributed by atoms with E-state index in [1.807, 2.05) is 0 Å². The average Bonchev–Trinajstić information content (AvgIpc) is 2.53. The second kappa shape index (κ2) is 7.95. The van der Waals surface area contributed by atoms with Crippen LogP contribution >= 0.6 is 0 Å². The number of carbonyl (C=O) groups is 1. The quantitative estimate of drug-likeness (QED) is 0.834. The minimum absolute atomic E-state index is 0.298. The summed E-state index contributed by atoms with van der Waals surface area (Å²) in [5.41, 5.74) is 0.0815. The van der Waals surface area contributed by atoms with Crippen LogP contribution in [0.2, 0.25) is 0 Å². The Morgan fingerprint density at radius 2 is 1.74 bits per heavy atom. The number of nitrogens with zero attached hydrogens (tertiary/aromatic N) is 2. The van der Waals surface area contributed by atoms with Crippen molar-refractivity contribution in [3.63, 3.8) is 0 Å². The minimum atomic E-state index is -0.298. The summed E-state index contributed by atoms with van der Waals surface area (Å²) in [4.78, 5) is 17.7. The van der Waals surface area contributed by atoms with E-state index in [0.717, 1.165) is 58.7 Å². The van der Waals surface area contributed by atoms with E-state index in [9.17, 15) is 4.79 Å². The van der Waals surface area contributed by atoms with E-state index in [0.29, 0.717) is 17.9 Å². The molecular formula is C18H35N3O2. The van der Waals surface area contributed by atoms with Gasteiger partial charge < -0.3 is 15.0 Å². The van der Waals surface area contributed by atoms with Crippen molar-refractivity contribution >= 4 is 5.91 Å². The maximum atomic E-state index is 13.1. The van der Waals surface area contributed by atoms with Crippen LogP contribution in [-0.2, 0) is 9.53 Å². The van der Waals surface area contributed by atoms with E-state index in [-0.39, 0.29) is 5.41 Å². The molecule has 0 atom stereocenters. The average molecular weight is 325 g/mol. The number of hydrogen-bond acceptors (Lipinski definition) is 4. The van der Waals surface area contributed by atoms with Crippen LogP contribution in [0.15, 0.2) is 0 Å². The first kappa shape index (κ1) is 18.7. The molecule has 2 rings (SSSR count). The maximum absolute atomic E-state index is 13.1. The summed E-state index contributed by atoms with van der Waals surface area (Å²) in [5.74, 6) is 0.316. The molecule has 1 N–H and O–H groups in total. The van der Waals surface area contributed by atoms with Crippen LogP contribution in [0.3, 0.4) is 0 Å². The highest BCUT2D eigenvalue weighted by Gasteiger charge is 2.42. The molecule has 0 aromatic carbocycles. The monoisotopic (exact) mass is 325 g/mol. The number of nitrogens with one attached hydrogen (secondary N) is 1. The van der Waals surface area contributed by atoms with Crippen LogP contribution in [0.5, 0.6) is 0 Å². The Labute approximate surface area is 141 Å². The summed E-state index contributed by atoms with van der Waals surface area (Å²) < 4.78 is 5.41. The summed E-state index contributed by atoms with van der Waals surface area (Å²) >= 11 is 0. The molecule has 0 saturated carbocycles. The highest BCUT2D eigenvalue weighted by atomic mass is 16.5. The molecule has 1 amide bonds. The predicted octanol–water partition coefficient (Wildman–Crippen LogP) is 1.58. The molecule has 2 heterocycles. The van der Waals surface area contributed by atoms with Crippen molar-refractivity contribution in [2.45, 2.75) is 40.0 Å². The second-order valence-corrected chi connectivity index (χ2v) is 8.41. The molecule has 5 heteroatoms. The molecule has 2 aliphatic rings. The molecule has 0 aromatic rings. The van der Waals surface area contributed by atoms with Gasteiger partial charge in [-0.25, -0.2) is 0 Å². The van der Waals surface area contributed by atoms with E-state index in [2.05, 4.69) is 35.9 Å². The lowest BCUT2D eigenvalue weighted by atomic mass is 9.78. The molecule has 0 aliphatic carbocycles. The van der Waals surface area contributed by atoms with Crippen molar-refractivity contribution in [1.29, 1.82) is 0 Å². The predicted molar refractivity (Wildman–Crippen MR) is 93.5 cm³/mol. The van der Waals surface area contributed by atoms with Crippen molar-refractivity contribution < 1.29 is 9.53 Å². The Morgan fingerprint density at radius 1 is 1.13 bits per heavy atom. The fourth-order valence-electron chi connectivity index (χ4n) is 3.61. The Balaban J connectivity index is 1.87. The van der Waals surface area contributed by atoms with Crippen LogP contribution in [0.25, 0.3) is 0 Å². The molecule has 0 aromatic heterocycles. The smallest absolute Gasteiger partial charge is 0.231 e. The number of piperidine rings is 1. The van der Waals surface area contributed by atoms with Gasteiger partial charge in [0.2, 0.25) is 5.91 Å². The molecule has 2 fully saturated rings. The molecular weight excluding hydrogens is 290 g/mol. The van der Waals surface area contributed by atoms with Crippen molar-refractivity contribution in [2.75, 3.05) is 59.5 Å². The number of carbonyl (C=O) groups excluding carboxylic acids is 1. The third-order valence-electron chi connectivity index (χ3n) is 5.27. The lowest BCUT2D eigenvalue weighted by molar-refractivity contribution is -0.149. The highest BCUT2D eigenvalue weighted by Crippen LogP contribution is 2.32. The standard InChI is InChI=1S/C18H35N3O2/c1-17(2,3)7-10-20-11-13-21(14-12-20)16(22)18(15-23-4)5-8-19-9-6-18/h19H,5-15H2,1-4H3. The highest BCUT2D eigenvalue weighted by molar-refractivity contribution is 5.83. The van der Waals surface area contributed by atoms with Crippen LogP contribution < -0.4 is 5.32 Å². The van der Waals surface area contributed by atoms with E-state index in [1.54, 1.807) is 7.11 Å². The number of amides is 1. The molecule has 2 aliphatic heterocycles. The summed E-state index contributed by atoms with van der Waals surface area (Å²) in [6.45, 7) is 14.1. The largest absolute Gasteiger partial charge is 0.384 e. The van der Waals surface area contributed by atoms with Crippen LogP contribution in [0.4, 0.5) is 0 Å². The van der Waals surface area contributed by atoms with Gasteiger partial charge in [-0.05, 0) is 44.3 Å². The molecule has 5 nitrogen and oxygen atoms in total. The van der Waals surface area contributed by atoms with Crippen molar-refractivity contribution in [3.8, 4) is 0 Å². The number of methoxy groups -OCH3 is 1. The second-order valence-electron chi connectivity index (χ2n) is 8.41. The fraction of sp³-hybridized carbons (Fsp3) is 0.944. The van der Waals surface area contributed by atoms with E-state index in [1.165, 1.54) is 6.42 Å². The van der Waals surface area contributed by atoms with E-state index in [4.69, 9.17) is 4.74 Å². The summed E-state index contributed by atoms with van der Waals surface area (Å²) in [5, 5.41) is 3.36. The molecule has 0 radical (unpaired) electrons. The molecule has 2 saturated heterocycles. The van der Waals surface area contributed by atoms with Gasteiger partial charge in [-0.3, -0.25) is 9.69 Å². The third-order valence-corrected chi connectivity index (χ3v) is 5.27. The van der Waals surface area contributed by atoms with Crippen LogP contribution in [-0.4, -0.2) is 75.2 Å². The zero-order valence-electron chi connectivity index (χ0n) is 15.5. The normalized spacial score (nSPS) is 23.0. The fourth-order valence-corrected chi connectivity index (χ4v) is 3.61. The van der Waals surface area contributed by atoms with Gasteiger partial charge >= 0.3 is 0 Å². The van der Waals surface area contributed by atoms with E-state index < -0.39 is 0 Å². The number of hydrogen-bond donors (Lipinski definition) is 1. The van der Waals surface area contributed by atoms with Gasteiger partial charge in [0.1, 0.15) is 0 Å². The Hall–Kier alpha value is -0.650. The molecule has 134 valence electrons. The van der Waals surface area contributed by atoms with Crippen molar-refractivity contribution in [3.05, 3.63) is 0 Å². The Kier molecular flexibility index (Phi) is 6.46. The van der Waals surface area contributed by atoms with E-state index >= 15 is 0 Å². The topological polar surface area (TPSA) is 44.8 Å². The minimum Gasteiger partial charge on any atom is -0.384 e. The number of piperazine rings is 1. The first-order valence-corrected chi connectivity index (χ1v) is 9.08. The summed E-state index contributed by atoms with van der Waals surface area (Å²) in [6, 6.07) is 0. The zero-order chi connectivity index (χ0) is 16.9. The Bertz CT molecular complexity index is 373. The van der Waals surface area contributed by atoms with Gasteiger partial charge in [0.25, 0.3) is 0 Å². The van der Waals surface area contributed by atoms with Gasteiger partial charge in [0, 0.05) is 33.3 Å². The lowest BCUT2D eigenvalue weighted by Gasteiger charge is -2.43. The third kappa shape index (κ3) is 5.16. The van der Waals surface area contributed by atoms with Gasteiger partial charge in [-0.1, -0.05) is 20.8 Å². The SMILES string of the molecule is COCC1(C(=O)N2CCN(CCC(C)(C)C)CC2)CCNCC1. The van der Waals surface area contributed by atoms with Gasteiger partial charge in [0.05, 0.1) is 12.0 Å². The lowest BCUT2D eigenvalue weighted by Crippen LogP contribution is -2.56. The molecule has 0 spiro atoms. The molecule has 23 heavy (non-hydrogen) atoms. The first-order chi connectivity index (χ1) is 10.9. The summed E-state index contributed by atoms with van der Waals surface area (Å²) in [6.07, 6.45) is 2.99. The van der Waals surface area contributed by atoms with Gasteiger partial charge in [-0.2, -0.15) is 0 Å². The molecule has 0 bridgehead atoms. The van der Waals surface area contributed by atoms with Gasteiger partial charge in [0.15, 0.2) is 0 Å². The van der Waals surface area contributed by atoms with Crippen LogP contribution in [0.1, 0.15) is 40.0 Å². The molecule has 0 unspecified atom stereocenters. The summed E-state index contributed by atoms with van der Waals surface area (Å²) in [7, 11) is 1.71. The van der Waals surface area contributed by atoms with Gasteiger partial charge in [-0.15, -0.1) is 0 Å².